The number of aromatic nitrogens is 3. The maximum absolute atomic E-state index is 13.2. The molecule has 18 heteroatoms. The van der Waals surface area contributed by atoms with Crippen molar-refractivity contribution in [3.63, 3.8) is 0 Å². The smallest absolute Gasteiger partial charge is 0.435 e. The van der Waals surface area contributed by atoms with Crippen molar-refractivity contribution in [1.82, 2.24) is 24.8 Å². The van der Waals surface area contributed by atoms with E-state index in [0.717, 1.165) is 22.9 Å². The number of rotatable bonds is 9. The van der Waals surface area contributed by atoms with Gasteiger partial charge in [-0.15, -0.1) is 28.2 Å². The molecule has 1 saturated heterocycles. The number of esters is 1. The van der Waals surface area contributed by atoms with Crippen LogP contribution in [0.15, 0.2) is 33.3 Å². The molecule has 0 aliphatic carbocycles. The molecule has 2 aliphatic heterocycles. The number of thiazole rings is 1. The number of oxime groups is 1. The summed E-state index contributed by atoms with van der Waals surface area (Å²) in [6.45, 7) is 2.98. The van der Waals surface area contributed by atoms with Gasteiger partial charge in [-0.2, -0.15) is 0 Å². The second-order valence-electron chi connectivity index (χ2n) is 7.69. The number of nitrogens with one attached hydrogen (secondary N) is 1. The van der Waals surface area contributed by atoms with Gasteiger partial charge in [0.25, 0.3) is 11.8 Å². The number of nitrogens with two attached hydrogens (primary N) is 1. The van der Waals surface area contributed by atoms with Gasteiger partial charge in [0, 0.05) is 23.4 Å². The fourth-order valence-electron chi connectivity index (χ4n) is 3.53. The standard InChI is InChI=1S/C21H21N7O8S3/c1-3-34-21(32)36-9(2)35-19(31)15-10(4-5-11-7-39-27-25-11)6-37-18-14(17(30)28(15)18)24-16(29)13(26-33)12-8-38-20(22)23-12/h4-5,7-9,14,18,33H,3,6H2,1-2H3,(H2,22,23)(H,24,29)/b5-4-,26-13-/t9?,14?,18-/m0/s1. The zero-order valence-corrected chi connectivity index (χ0v) is 22.7. The zero-order chi connectivity index (χ0) is 28.1. The highest BCUT2D eigenvalue weighted by molar-refractivity contribution is 8.00. The molecule has 39 heavy (non-hydrogen) atoms. The lowest BCUT2D eigenvalue weighted by atomic mass is 10.0. The molecule has 2 aromatic heterocycles. The molecule has 0 spiro atoms. The van der Waals surface area contributed by atoms with E-state index in [-0.39, 0.29) is 28.9 Å². The lowest BCUT2D eigenvalue weighted by Crippen LogP contribution is -2.71. The van der Waals surface area contributed by atoms with Gasteiger partial charge in [-0.25, -0.2) is 14.6 Å². The number of β-lactam (4-membered cyclic amide) rings is 1. The number of carbonyl (C=O) groups is 4. The zero-order valence-electron chi connectivity index (χ0n) is 20.3. The van der Waals surface area contributed by atoms with E-state index in [1.54, 1.807) is 24.5 Å². The van der Waals surface area contributed by atoms with Crippen LogP contribution in [-0.4, -0.2) is 84.4 Å². The van der Waals surface area contributed by atoms with E-state index in [1.807, 2.05) is 0 Å². The van der Waals surface area contributed by atoms with Crippen molar-refractivity contribution >= 4 is 75.5 Å². The van der Waals surface area contributed by atoms with Gasteiger partial charge in [-0.05, 0) is 30.1 Å². The van der Waals surface area contributed by atoms with Gasteiger partial charge in [-0.3, -0.25) is 14.5 Å². The monoisotopic (exact) mass is 595 g/mol. The van der Waals surface area contributed by atoms with E-state index in [1.165, 1.54) is 29.0 Å². The van der Waals surface area contributed by atoms with Gasteiger partial charge < -0.3 is 30.5 Å². The first kappa shape index (κ1) is 28.0. The number of hydrogen-bond acceptors (Lipinski definition) is 16. The van der Waals surface area contributed by atoms with Crippen molar-refractivity contribution < 1.29 is 38.6 Å². The second-order valence-corrected chi connectivity index (χ2v) is 10.3. The van der Waals surface area contributed by atoms with E-state index in [0.29, 0.717) is 11.3 Å². The first-order valence-corrected chi connectivity index (χ1v) is 13.9. The van der Waals surface area contributed by atoms with Crippen LogP contribution in [0.5, 0.6) is 0 Å². The van der Waals surface area contributed by atoms with Crippen LogP contribution in [0.2, 0.25) is 0 Å². The average molecular weight is 596 g/mol. The van der Waals surface area contributed by atoms with Crippen molar-refractivity contribution in [2.24, 2.45) is 5.16 Å². The maximum Gasteiger partial charge on any atom is 0.511 e. The van der Waals surface area contributed by atoms with Crippen LogP contribution in [0.25, 0.3) is 6.08 Å². The summed E-state index contributed by atoms with van der Waals surface area (Å²) in [4.78, 5) is 55.9. The van der Waals surface area contributed by atoms with Gasteiger partial charge in [-0.1, -0.05) is 15.7 Å². The first-order chi connectivity index (χ1) is 18.7. The summed E-state index contributed by atoms with van der Waals surface area (Å²) in [6, 6.07) is -1.04. The quantitative estimate of drug-likeness (QED) is 0.0930. The summed E-state index contributed by atoms with van der Waals surface area (Å²) in [6.07, 6.45) is 0.894. The molecular formula is C21H21N7O8S3. The Morgan fingerprint density at radius 3 is 2.77 bits per heavy atom. The number of fused-ring (bicyclic) bond motifs is 1. The third-order valence-corrected chi connectivity index (χ3v) is 7.69. The molecule has 0 bridgehead atoms. The highest BCUT2D eigenvalue weighted by Crippen LogP contribution is 2.41. The Labute approximate surface area is 232 Å². The molecular weight excluding hydrogens is 574 g/mol. The highest BCUT2D eigenvalue weighted by atomic mass is 32.2. The number of anilines is 1. The summed E-state index contributed by atoms with van der Waals surface area (Å²) >= 11 is 3.48. The molecule has 0 saturated carbocycles. The molecule has 2 aromatic rings. The number of hydrogen-bond donors (Lipinski definition) is 3. The van der Waals surface area contributed by atoms with Gasteiger partial charge in [0.05, 0.1) is 12.3 Å². The lowest BCUT2D eigenvalue weighted by molar-refractivity contribution is -0.168. The minimum atomic E-state index is -1.31. The highest BCUT2D eigenvalue weighted by Gasteiger charge is 2.54. The Morgan fingerprint density at radius 1 is 1.33 bits per heavy atom. The van der Waals surface area contributed by atoms with E-state index in [4.69, 9.17) is 15.2 Å². The largest absolute Gasteiger partial charge is 0.511 e. The second kappa shape index (κ2) is 12.2. The summed E-state index contributed by atoms with van der Waals surface area (Å²) in [5, 5.41) is 21.4. The SMILES string of the molecule is CCOC(=O)OC(C)OC(=O)C1=C(/C=C\c2csnn2)CS[C@H]2C(NC(=O)/C(=N\O)c3csc(N)n3)C(=O)N12. The summed E-state index contributed by atoms with van der Waals surface area (Å²) < 4.78 is 18.6. The molecule has 206 valence electrons. The van der Waals surface area contributed by atoms with Crippen LogP contribution >= 0.6 is 34.6 Å². The molecule has 2 unspecified atom stereocenters. The van der Waals surface area contributed by atoms with Crippen molar-refractivity contribution in [3.05, 3.63) is 39.5 Å². The van der Waals surface area contributed by atoms with Crippen molar-refractivity contribution in [2.45, 2.75) is 31.6 Å². The Bertz CT molecular complexity index is 1360. The van der Waals surface area contributed by atoms with Crippen LogP contribution in [0.1, 0.15) is 25.2 Å². The average Bonchev–Trinajstić information content (AvgIpc) is 3.57. The Kier molecular flexibility index (Phi) is 8.77. The maximum atomic E-state index is 13.2. The number of ether oxygens (including phenoxy) is 3. The molecule has 1 fully saturated rings. The molecule has 15 nitrogen and oxygen atoms in total. The molecule has 0 radical (unpaired) electrons. The first-order valence-electron chi connectivity index (χ1n) is 11.1. The Morgan fingerprint density at radius 2 is 2.13 bits per heavy atom. The summed E-state index contributed by atoms with van der Waals surface area (Å²) in [5.41, 5.74) is 6.10. The molecule has 2 amide bonds. The molecule has 2 aliphatic rings. The number of amides is 2. The fourth-order valence-corrected chi connectivity index (χ4v) is 5.82. The Balaban J connectivity index is 1.54. The van der Waals surface area contributed by atoms with Gasteiger partial charge in [0.2, 0.25) is 6.29 Å². The third-order valence-electron chi connectivity index (χ3n) is 5.19. The number of carbonyl (C=O) groups excluding carboxylic acids is 4. The minimum absolute atomic E-state index is 0.0427. The van der Waals surface area contributed by atoms with E-state index >= 15 is 0 Å². The van der Waals surface area contributed by atoms with Crippen molar-refractivity contribution in [3.8, 4) is 0 Å². The van der Waals surface area contributed by atoms with E-state index < -0.39 is 47.4 Å². The number of nitrogens with zero attached hydrogens (tertiary/aromatic N) is 5. The van der Waals surface area contributed by atoms with Crippen LogP contribution in [0.3, 0.4) is 0 Å². The van der Waals surface area contributed by atoms with E-state index in [9.17, 15) is 24.4 Å². The number of nitrogen functional groups attached to an aromatic ring is 1. The van der Waals surface area contributed by atoms with Crippen LogP contribution < -0.4 is 11.1 Å². The Hall–Kier alpha value is -4.03. The predicted octanol–water partition coefficient (Wildman–Crippen LogP) is 1.18. The normalized spacial score (nSPS) is 19.8. The van der Waals surface area contributed by atoms with Crippen LogP contribution in [0.4, 0.5) is 9.93 Å². The van der Waals surface area contributed by atoms with Gasteiger partial charge in [0.15, 0.2) is 10.8 Å². The topological polar surface area (TPSA) is 209 Å². The summed E-state index contributed by atoms with van der Waals surface area (Å²) in [7, 11) is 0. The molecule has 0 aromatic carbocycles. The van der Waals surface area contributed by atoms with Crippen LogP contribution in [-0.2, 0) is 28.6 Å². The van der Waals surface area contributed by atoms with E-state index in [2.05, 4.69) is 29.8 Å². The third kappa shape index (κ3) is 6.18. The minimum Gasteiger partial charge on any atom is -0.435 e. The molecule has 4 heterocycles. The summed E-state index contributed by atoms with van der Waals surface area (Å²) in [5.74, 6) is -2.13. The van der Waals surface area contributed by atoms with Gasteiger partial charge >= 0.3 is 12.1 Å². The molecule has 4 rings (SSSR count). The molecule has 3 atom stereocenters. The number of allylic oxidation sites excluding steroid dienone is 1. The van der Waals surface area contributed by atoms with Gasteiger partial charge in [0.1, 0.15) is 22.8 Å². The van der Waals surface area contributed by atoms with Crippen LogP contribution in [0, 0.1) is 0 Å². The molecule has 4 N–H and O–H groups in total. The number of thioether (sulfide) groups is 1. The fraction of sp³-hybridized carbons (Fsp3) is 0.333. The predicted molar refractivity (Wildman–Crippen MR) is 140 cm³/mol. The lowest BCUT2D eigenvalue weighted by Gasteiger charge is -2.49. The van der Waals surface area contributed by atoms with Crippen molar-refractivity contribution in [2.75, 3.05) is 18.1 Å². The van der Waals surface area contributed by atoms with Crippen molar-refractivity contribution in [1.29, 1.82) is 0 Å².